The second kappa shape index (κ2) is 6.10. The van der Waals surface area contributed by atoms with Crippen molar-refractivity contribution in [3.63, 3.8) is 0 Å². The van der Waals surface area contributed by atoms with Crippen LogP contribution >= 0.6 is 12.2 Å². The molecule has 1 amide bonds. The zero-order chi connectivity index (χ0) is 14.7. The van der Waals surface area contributed by atoms with Crippen LogP contribution in [0.15, 0.2) is 48.8 Å². The van der Waals surface area contributed by atoms with Crippen LogP contribution in [-0.2, 0) is 4.79 Å². The lowest BCUT2D eigenvalue weighted by Gasteiger charge is -2.10. The summed E-state index contributed by atoms with van der Waals surface area (Å²) in [6, 6.07) is 7.68. The molecule has 108 valence electrons. The Bertz CT molecular complexity index is 729. The second-order valence-corrected chi connectivity index (χ2v) is 5.59. The minimum atomic E-state index is 0.0568. The number of benzene rings is 1. The van der Waals surface area contributed by atoms with Crippen molar-refractivity contribution in [3.05, 3.63) is 53.6 Å². The van der Waals surface area contributed by atoms with Crippen LogP contribution < -0.4 is 5.32 Å². The summed E-state index contributed by atoms with van der Waals surface area (Å²) in [5.74, 6) is 0.438. The number of nitrogens with one attached hydrogen (secondary N) is 2. The van der Waals surface area contributed by atoms with Gasteiger partial charge in [0.15, 0.2) is 4.77 Å². The van der Waals surface area contributed by atoms with E-state index in [0.29, 0.717) is 17.1 Å². The van der Waals surface area contributed by atoms with E-state index in [1.807, 2.05) is 35.0 Å². The molecule has 0 aliphatic heterocycles. The molecule has 5 heteroatoms. The summed E-state index contributed by atoms with van der Waals surface area (Å²) < 4.78 is 2.50. The fraction of sp³-hybridized carbons (Fsp3) is 0.250. The quantitative estimate of drug-likeness (QED) is 0.666. The number of aromatic amines is 1. The Morgan fingerprint density at radius 3 is 3.10 bits per heavy atom. The highest BCUT2D eigenvalue weighted by atomic mass is 32.1. The van der Waals surface area contributed by atoms with Gasteiger partial charge in [0.1, 0.15) is 0 Å². The van der Waals surface area contributed by atoms with E-state index in [0.717, 1.165) is 24.2 Å². The van der Waals surface area contributed by atoms with Crippen LogP contribution in [0.3, 0.4) is 0 Å². The third-order valence-corrected chi connectivity index (χ3v) is 3.93. The standard InChI is InChI=1S/C16H17N3OS/c20-15(10-12-4-1-2-5-12)18-13-6-3-7-14(11-13)19-9-8-17-16(19)21/h1,3-4,6-9,11-12H,2,5,10H2,(H,17,21)(H,18,20). The Balaban J connectivity index is 1.71. The SMILES string of the molecule is O=C(CC1C=CCC1)Nc1cccc(-n2cc[nH]c2=S)c1. The van der Waals surface area contributed by atoms with Gasteiger partial charge >= 0.3 is 0 Å². The van der Waals surface area contributed by atoms with Gasteiger partial charge < -0.3 is 10.3 Å². The van der Waals surface area contributed by atoms with Gasteiger partial charge in [-0.05, 0) is 49.2 Å². The van der Waals surface area contributed by atoms with Crippen molar-refractivity contribution in [1.82, 2.24) is 9.55 Å². The average Bonchev–Trinajstić information content (AvgIpc) is 3.10. The van der Waals surface area contributed by atoms with Crippen molar-refractivity contribution in [2.45, 2.75) is 19.3 Å². The predicted octanol–water partition coefficient (Wildman–Crippen LogP) is 3.83. The normalized spacial score (nSPS) is 17.0. The van der Waals surface area contributed by atoms with Gasteiger partial charge in [0.05, 0.1) is 0 Å². The Morgan fingerprint density at radius 1 is 1.48 bits per heavy atom. The van der Waals surface area contributed by atoms with E-state index in [1.54, 1.807) is 6.20 Å². The Labute approximate surface area is 128 Å². The lowest BCUT2D eigenvalue weighted by molar-refractivity contribution is -0.116. The first-order valence-electron chi connectivity index (χ1n) is 7.05. The van der Waals surface area contributed by atoms with E-state index < -0.39 is 0 Å². The Hall–Kier alpha value is -2.14. The third-order valence-electron chi connectivity index (χ3n) is 3.62. The van der Waals surface area contributed by atoms with Gasteiger partial charge in [0.25, 0.3) is 0 Å². The number of allylic oxidation sites excluding steroid dienone is 2. The topological polar surface area (TPSA) is 49.8 Å². The molecule has 4 nitrogen and oxygen atoms in total. The number of hydrogen-bond acceptors (Lipinski definition) is 2. The monoisotopic (exact) mass is 299 g/mol. The van der Waals surface area contributed by atoms with Crippen molar-refractivity contribution in [1.29, 1.82) is 0 Å². The molecule has 0 spiro atoms. The van der Waals surface area contributed by atoms with E-state index in [9.17, 15) is 4.79 Å². The van der Waals surface area contributed by atoms with Crippen LogP contribution in [0.5, 0.6) is 0 Å². The summed E-state index contributed by atoms with van der Waals surface area (Å²) in [5, 5.41) is 2.96. The molecule has 1 aliphatic carbocycles. The molecular weight excluding hydrogens is 282 g/mol. The zero-order valence-electron chi connectivity index (χ0n) is 11.6. The number of aromatic nitrogens is 2. The summed E-state index contributed by atoms with van der Waals surface area (Å²) in [4.78, 5) is 15.0. The first kappa shape index (κ1) is 13.8. The second-order valence-electron chi connectivity index (χ2n) is 5.20. The number of carbonyl (C=O) groups is 1. The van der Waals surface area contributed by atoms with Gasteiger partial charge in [-0.3, -0.25) is 9.36 Å². The lowest BCUT2D eigenvalue weighted by Crippen LogP contribution is -2.14. The molecule has 0 bridgehead atoms. The predicted molar refractivity (Wildman–Crippen MR) is 86.1 cm³/mol. The summed E-state index contributed by atoms with van der Waals surface area (Å²) in [7, 11) is 0. The molecule has 1 heterocycles. The highest BCUT2D eigenvalue weighted by Gasteiger charge is 2.14. The van der Waals surface area contributed by atoms with Crippen LogP contribution in [0.1, 0.15) is 19.3 Å². The summed E-state index contributed by atoms with van der Waals surface area (Å²) in [6.07, 6.45) is 10.6. The van der Waals surface area contributed by atoms with Gasteiger partial charge in [-0.15, -0.1) is 0 Å². The molecule has 1 aliphatic rings. The smallest absolute Gasteiger partial charge is 0.224 e. The van der Waals surface area contributed by atoms with E-state index >= 15 is 0 Å². The molecule has 2 aromatic rings. The van der Waals surface area contributed by atoms with Crippen LogP contribution in [0.2, 0.25) is 0 Å². The van der Waals surface area contributed by atoms with Crippen LogP contribution in [-0.4, -0.2) is 15.5 Å². The maximum absolute atomic E-state index is 12.1. The molecule has 1 aromatic heterocycles. The van der Waals surface area contributed by atoms with Crippen molar-refractivity contribution >= 4 is 23.8 Å². The summed E-state index contributed by atoms with van der Waals surface area (Å²) in [5.41, 5.74) is 1.72. The van der Waals surface area contributed by atoms with Gasteiger partial charge in [0.2, 0.25) is 5.91 Å². The van der Waals surface area contributed by atoms with Gasteiger partial charge in [0, 0.05) is 30.2 Å². The van der Waals surface area contributed by atoms with Crippen LogP contribution in [0, 0.1) is 10.7 Å². The molecule has 3 rings (SSSR count). The van der Waals surface area contributed by atoms with Crippen LogP contribution in [0.25, 0.3) is 5.69 Å². The fourth-order valence-electron chi connectivity index (χ4n) is 2.57. The van der Waals surface area contributed by atoms with Crippen LogP contribution in [0.4, 0.5) is 5.69 Å². The van der Waals surface area contributed by atoms with Crippen molar-refractivity contribution < 1.29 is 4.79 Å². The first-order chi connectivity index (χ1) is 10.2. The molecule has 0 fully saturated rings. The zero-order valence-corrected chi connectivity index (χ0v) is 12.4. The molecule has 1 atom stereocenters. The Morgan fingerprint density at radius 2 is 2.38 bits per heavy atom. The molecule has 0 radical (unpaired) electrons. The number of nitrogens with zero attached hydrogens (tertiary/aromatic N) is 1. The molecule has 21 heavy (non-hydrogen) atoms. The number of H-pyrrole nitrogens is 1. The minimum Gasteiger partial charge on any atom is -0.337 e. The largest absolute Gasteiger partial charge is 0.337 e. The maximum Gasteiger partial charge on any atom is 0.224 e. The molecular formula is C16H17N3OS. The maximum atomic E-state index is 12.1. The van der Waals surface area contributed by atoms with Crippen molar-refractivity contribution in [3.8, 4) is 5.69 Å². The van der Waals surface area contributed by atoms with Gasteiger partial charge in [-0.2, -0.15) is 0 Å². The summed E-state index contributed by atoms with van der Waals surface area (Å²) >= 11 is 5.21. The number of carbonyl (C=O) groups excluding carboxylic acids is 1. The Kier molecular flexibility index (Phi) is 4.01. The average molecular weight is 299 g/mol. The third kappa shape index (κ3) is 3.31. The molecule has 1 unspecified atom stereocenters. The summed E-state index contributed by atoms with van der Waals surface area (Å²) in [6.45, 7) is 0. The minimum absolute atomic E-state index is 0.0568. The van der Waals surface area contributed by atoms with E-state index in [4.69, 9.17) is 12.2 Å². The van der Waals surface area contributed by atoms with Gasteiger partial charge in [-0.1, -0.05) is 18.2 Å². The number of imidazole rings is 1. The van der Waals surface area contributed by atoms with Crippen molar-refractivity contribution in [2.75, 3.05) is 5.32 Å². The fourth-order valence-corrected chi connectivity index (χ4v) is 2.81. The molecule has 0 saturated carbocycles. The molecule has 1 aromatic carbocycles. The van der Waals surface area contributed by atoms with E-state index in [2.05, 4.69) is 22.5 Å². The first-order valence-corrected chi connectivity index (χ1v) is 7.46. The number of amides is 1. The number of rotatable bonds is 4. The highest BCUT2D eigenvalue weighted by molar-refractivity contribution is 7.71. The number of hydrogen-bond donors (Lipinski definition) is 2. The molecule has 0 saturated heterocycles. The van der Waals surface area contributed by atoms with Crippen molar-refractivity contribution in [2.24, 2.45) is 5.92 Å². The molecule has 2 N–H and O–H groups in total. The number of anilines is 1. The van der Waals surface area contributed by atoms with E-state index in [-0.39, 0.29) is 5.91 Å². The highest BCUT2D eigenvalue weighted by Crippen LogP contribution is 2.21. The van der Waals surface area contributed by atoms with Gasteiger partial charge in [-0.25, -0.2) is 0 Å². The lowest BCUT2D eigenvalue weighted by atomic mass is 10.1. The van der Waals surface area contributed by atoms with E-state index in [1.165, 1.54) is 0 Å².